The van der Waals surface area contributed by atoms with Gasteiger partial charge in [0, 0.05) is 17.1 Å². The van der Waals surface area contributed by atoms with Crippen molar-refractivity contribution in [2.45, 2.75) is 71.0 Å². The van der Waals surface area contributed by atoms with E-state index >= 15 is 0 Å². The minimum absolute atomic E-state index is 0.0579. The van der Waals surface area contributed by atoms with E-state index in [1.165, 1.54) is 0 Å². The van der Waals surface area contributed by atoms with Gasteiger partial charge in [0.1, 0.15) is 0 Å². The Bertz CT molecular complexity index is 246. The fourth-order valence-corrected chi connectivity index (χ4v) is 3.01. The second-order valence-electron chi connectivity index (χ2n) is 6.14. The molecule has 0 aromatic carbocycles. The van der Waals surface area contributed by atoms with Gasteiger partial charge in [0.25, 0.3) is 0 Å². The smallest absolute Gasteiger partial charge is 0.207 e. The number of piperidine rings is 1. The van der Waals surface area contributed by atoms with Crippen LogP contribution in [0.25, 0.3) is 0 Å². The number of hydroxylamine groups is 2. The summed E-state index contributed by atoms with van der Waals surface area (Å²) in [6.45, 7) is 11.5. The van der Waals surface area contributed by atoms with Crippen LogP contribution in [0.1, 0.15) is 53.9 Å². The maximum Gasteiger partial charge on any atom is 0.207 e. The van der Waals surface area contributed by atoms with Crippen molar-refractivity contribution in [3.8, 4) is 0 Å². The number of carbonyl (C=O) groups excluding carboxylic acids is 1. The third-order valence-electron chi connectivity index (χ3n) is 3.32. The Hall–Kier alpha value is -0.610. The van der Waals surface area contributed by atoms with Gasteiger partial charge in [-0.25, -0.2) is 0 Å². The van der Waals surface area contributed by atoms with E-state index in [0.29, 0.717) is 0 Å². The monoisotopic (exact) mass is 242 g/mol. The van der Waals surface area contributed by atoms with E-state index in [4.69, 9.17) is 4.84 Å². The van der Waals surface area contributed by atoms with Gasteiger partial charge in [0.2, 0.25) is 6.41 Å². The largest absolute Gasteiger partial charge is 0.356 e. The number of amides is 1. The lowest BCUT2D eigenvalue weighted by atomic mass is 9.79. The summed E-state index contributed by atoms with van der Waals surface area (Å²) in [6.07, 6.45) is 3.65. The predicted octanol–water partition coefficient (Wildman–Crippen LogP) is 2.10. The van der Waals surface area contributed by atoms with Crippen molar-refractivity contribution < 1.29 is 9.63 Å². The highest BCUT2D eigenvalue weighted by atomic mass is 16.7. The fourth-order valence-electron chi connectivity index (χ4n) is 3.01. The molecule has 0 radical (unpaired) electrons. The summed E-state index contributed by atoms with van der Waals surface area (Å²) in [4.78, 5) is 16.5. The van der Waals surface area contributed by atoms with E-state index in [1.54, 1.807) is 0 Å². The van der Waals surface area contributed by atoms with E-state index in [0.717, 1.165) is 32.3 Å². The molecular weight excluding hydrogens is 216 g/mol. The summed E-state index contributed by atoms with van der Waals surface area (Å²) in [7, 11) is 0. The summed E-state index contributed by atoms with van der Waals surface area (Å²) in [6, 6.07) is 0.235. The van der Waals surface area contributed by atoms with Gasteiger partial charge >= 0.3 is 0 Å². The van der Waals surface area contributed by atoms with E-state index in [-0.39, 0.29) is 17.1 Å². The summed E-state index contributed by atoms with van der Waals surface area (Å²) in [5.41, 5.74) is -0.116. The van der Waals surface area contributed by atoms with Gasteiger partial charge in [-0.05, 0) is 47.0 Å². The minimum Gasteiger partial charge on any atom is -0.356 e. The molecule has 0 atom stereocenters. The zero-order valence-electron chi connectivity index (χ0n) is 11.7. The first kappa shape index (κ1) is 14.5. The van der Waals surface area contributed by atoms with Gasteiger partial charge in [-0.15, -0.1) is 0 Å². The molecule has 0 aromatic rings. The third kappa shape index (κ3) is 3.42. The van der Waals surface area contributed by atoms with Crippen molar-refractivity contribution in [2.75, 3.05) is 6.61 Å². The van der Waals surface area contributed by atoms with Crippen LogP contribution in [0.4, 0.5) is 0 Å². The first-order chi connectivity index (χ1) is 7.83. The maximum atomic E-state index is 10.6. The van der Waals surface area contributed by atoms with Crippen LogP contribution in [-0.4, -0.2) is 35.2 Å². The lowest BCUT2D eigenvalue weighted by Gasteiger charge is -2.53. The van der Waals surface area contributed by atoms with Gasteiger partial charge in [0.05, 0.1) is 6.61 Å². The Labute approximate surface area is 105 Å². The van der Waals surface area contributed by atoms with Gasteiger partial charge in [-0.3, -0.25) is 9.63 Å². The Kier molecular flexibility index (Phi) is 4.55. The molecule has 1 heterocycles. The molecule has 1 N–H and O–H groups in total. The zero-order chi connectivity index (χ0) is 13.1. The number of nitrogens with zero attached hydrogens (tertiary/aromatic N) is 1. The molecule has 0 saturated carbocycles. The highest BCUT2D eigenvalue weighted by Gasteiger charge is 2.46. The quantitative estimate of drug-likeness (QED) is 0.751. The summed E-state index contributed by atoms with van der Waals surface area (Å²) >= 11 is 0. The highest BCUT2D eigenvalue weighted by molar-refractivity contribution is 5.46. The van der Waals surface area contributed by atoms with E-state index in [1.807, 2.05) is 0 Å². The topological polar surface area (TPSA) is 41.6 Å². The third-order valence-corrected chi connectivity index (χ3v) is 3.32. The van der Waals surface area contributed by atoms with Crippen molar-refractivity contribution >= 4 is 6.41 Å². The molecule has 0 bridgehead atoms. The molecule has 1 fully saturated rings. The van der Waals surface area contributed by atoms with Crippen LogP contribution in [-0.2, 0) is 9.63 Å². The molecule has 1 rings (SSSR count). The van der Waals surface area contributed by atoms with Crippen molar-refractivity contribution in [1.29, 1.82) is 0 Å². The van der Waals surface area contributed by atoms with E-state index in [9.17, 15) is 4.79 Å². The summed E-state index contributed by atoms with van der Waals surface area (Å²) in [5.74, 6) is 0. The van der Waals surface area contributed by atoms with Crippen LogP contribution >= 0.6 is 0 Å². The number of nitrogens with one attached hydrogen (secondary N) is 1. The molecule has 0 aliphatic carbocycles. The molecule has 1 aliphatic heterocycles. The average molecular weight is 242 g/mol. The molecular formula is C13H26N2O2. The molecule has 0 spiro atoms. The Balaban J connectivity index is 2.79. The summed E-state index contributed by atoms with van der Waals surface area (Å²) < 4.78 is 0. The fraction of sp³-hybridized carbons (Fsp3) is 0.923. The standard InChI is InChI=1S/C13H26N2O2/c1-6-7-17-15-12(2,3)8-11(14-10-16)9-13(15,4)5/h10-11H,6-9H2,1-5H3,(H,14,16). The van der Waals surface area contributed by atoms with Crippen LogP contribution in [0.3, 0.4) is 0 Å². The predicted molar refractivity (Wildman–Crippen MR) is 68.5 cm³/mol. The molecule has 0 unspecified atom stereocenters. The molecule has 4 heteroatoms. The number of hydrogen-bond donors (Lipinski definition) is 1. The number of hydrogen-bond acceptors (Lipinski definition) is 3. The van der Waals surface area contributed by atoms with Crippen LogP contribution in [0.5, 0.6) is 0 Å². The first-order valence-corrected chi connectivity index (χ1v) is 6.46. The second kappa shape index (κ2) is 5.36. The van der Waals surface area contributed by atoms with E-state index in [2.05, 4.69) is 45.0 Å². The van der Waals surface area contributed by atoms with Crippen LogP contribution in [0.2, 0.25) is 0 Å². The Morgan fingerprint density at radius 2 is 1.82 bits per heavy atom. The SMILES string of the molecule is CCCON1C(C)(C)CC(NC=O)CC1(C)C. The molecule has 100 valence electrons. The lowest BCUT2D eigenvalue weighted by molar-refractivity contribution is -0.283. The summed E-state index contributed by atoms with van der Waals surface area (Å²) in [5, 5.41) is 5.03. The first-order valence-electron chi connectivity index (χ1n) is 6.46. The lowest BCUT2D eigenvalue weighted by Crippen LogP contribution is -2.63. The molecule has 4 nitrogen and oxygen atoms in total. The Morgan fingerprint density at radius 3 is 2.24 bits per heavy atom. The van der Waals surface area contributed by atoms with Gasteiger partial charge in [-0.2, -0.15) is 5.06 Å². The molecule has 0 aromatic heterocycles. The van der Waals surface area contributed by atoms with Crippen molar-refractivity contribution in [3.63, 3.8) is 0 Å². The average Bonchev–Trinajstić information content (AvgIpc) is 2.14. The highest BCUT2D eigenvalue weighted by Crippen LogP contribution is 2.38. The molecule has 17 heavy (non-hydrogen) atoms. The second-order valence-corrected chi connectivity index (χ2v) is 6.14. The van der Waals surface area contributed by atoms with Crippen molar-refractivity contribution in [2.24, 2.45) is 0 Å². The molecule has 1 aliphatic rings. The minimum atomic E-state index is -0.0579. The molecule has 1 amide bonds. The van der Waals surface area contributed by atoms with Gasteiger partial charge in [-0.1, -0.05) is 6.92 Å². The molecule has 1 saturated heterocycles. The van der Waals surface area contributed by atoms with Crippen LogP contribution < -0.4 is 5.32 Å². The van der Waals surface area contributed by atoms with Gasteiger partial charge in [0.15, 0.2) is 0 Å². The van der Waals surface area contributed by atoms with Crippen molar-refractivity contribution in [3.05, 3.63) is 0 Å². The number of rotatable bonds is 5. The number of carbonyl (C=O) groups is 1. The Morgan fingerprint density at radius 1 is 1.29 bits per heavy atom. The maximum absolute atomic E-state index is 10.6. The van der Waals surface area contributed by atoms with Crippen LogP contribution in [0.15, 0.2) is 0 Å². The van der Waals surface area contributed by atoms with E-state index < -0.39 is 0 Å². The normalized spacial score (nSPS) is 24.5. The zero-order valence-corrected chi connectivity index (χ0v) is 11.7. The van der Waals surface area contributed by atoms with Crippen molar-refractivity contribution in [1.82, 2.24) is 10.4 Å². The van der Waals surface area contributed by atoms with Crippen LogP contribution in [0, 0.1) is 0 Å². The van der Waals surface area contributed by atoms with Gasteiger partial charge < -0.3 is 5.32 Å².